The van der Waals surface area contributed by atoms with Crippen LogP contribution in [0.4, 0.5) is 0 Å². The lowest BCUT2D eigenvalue weighted by Gasteiger charge is -2.26. The van der Waals surface area contributed by atoms with E-state index in [9.17, 15) is 4.79 Å². The molecule has 1 aliphatic heterocycles. The smallest absolute Gasteiger partial charge is 0.336 e. The number of hydrogen-bond donors (Lipinski definition) is 1. The van der Waals surface area contributed by atoms with Crippen molar-refractivity contribution in [1.29, 1.82) is 0 Å². The average Bonchev–Trinajstić information content (AvgIpc) is 2.83. The molecule has 0 saturated carbocycles. The van der Waals surface area contributed by atoms with Crippen LogP contribution in [-0.2, 0) is 4.74 Å². The Labute approximate surface area is 123 Å². The van der Waals surface area contributed by atoms with Gasteiger partial charge in [0, 0.05) is 29.9 Å². The minimum Gasteiger partial charge on any atom is -0.478 e. The van der Waals surface area contributed by atoms with Crippen molar-refractivity contribution in [2.24, 2.45) is 0 Å². The lowest BCUT2D eigenvalue weighted by Crippen LogP contribution is -2.36. The third-order valence-electron chi connectivity index (χ3n) is 3.71. The van der Waals surface area contributed by atoms with Gasteiger partial charge in [0.2, 0.25) is 0 Å². The van der Waals surface area contributed by atoms with Crippen molar-refractivity contribution >= 4 is 22.9 Å². The van der Waals surface area contributed by atoms with Crippen molar-refractivity contribution in [2.75, 3.05) is 32.8 Å². The molecule has 0 amide bonds. The fourth-order valence-corrected chi connectivity index (χ4v) is 3.61. The lowest BCUT2D eigenvalue weighted by molar-refractivity contribution is 0.0390. The van der Waals surface area contributed by atoms with Gasteiger partial charge in [0.25, 0.3) is 0 Å². The molecule has 0 aliphatic carbocycles. The summed E-state index contributed by atoms with van der Waals surface area (Å²) in [4.78, 5) is 14.6. The van der Waals surface area contributed by atoms with Crippen molar-refractivity contribution in [3.8, 4) is 0 Å². The van der Waals surface area contributed by atoms with Crippen molar-refractivity contribution in [3.63, 3.8) is 0 Å². The van der Waals surface area contributed by atoms with E-state index >= 15 is 0 Å². The van der Waals surface area contributed by atoms with Gasteiger partial charge in [-0.2, -0.15) is 0 Å². The maximum atomic E-state index is 11.1. The molecule has 1 aromatic rings. The molecule has 1 saturated heterocycles. The summed E-state index contributed by atoms with van der Waals surface area (Å²) >= 11 is 1.53. The molecule has 1 fully saturated rings. The molecule has 0 spiro atoms. The number of carboxylic acids is 1. The summed E-state index contributed by atoms with van der Waals surface area (Å²) in [6.07, 6.45) is 3.06. The third kappa shape index (κ3) is 3.48. The molecular weight excluding hydrogens is 274 g/mol. The van der Waals surface area contributed by atoms with Crippen LogP contribution in [-0.4, -0.2) is 48.8 Å². The Morgan fingerprint density at radius 2 is 2.20 bits per heavy atom. The molecule has 4 nitrogen and oxygen atoms in total. The zero-order valence-corrected chi connectivity index (χ0v) is 12.8. The average molecular weight is 295 g/mol. The molecule has 2 heterocycles. The van der Waals surface area contributed by atoms with E-state index in [1.807, 2.05) is 13.8 Å². The number of thiophene rings is 1. The molecule has 5 heteroatoms. The van der Waals surface area contributed by atoms with E-state index in [1.165, 1.54) is 16.9 Å². The summed E-state index contributed by atoms with van der Waals surface area (Å²) in [7, 11) is 0. The van der Waals surface area contributed by atoms with Crippen LogP contribution >= 0.6 is 11.3 Å². The van der Waals surface area contributed by atoms with Crippen LogP contribution in [0.3, 0.4) is 0 Å². The van der Waals surface area contributed by atoms with Gasteiger partial charge in [0.1, 0.15) is 0 Å². The lowest BCUT2D eigenvalue weighted by atomic mass is 10.0. The van der Waals surface area contributed by atoms with Gasteiger partial charge in [-0.05, 0) is 31.4 Å². The minimum atomic E-state index is -0.839. The van der Waals surface area contributed by atoms with Crippen molar-refractivity contribution in [1.82, 2.24) is 4.90 Å². The summed E-state index contributed by atoms with van der Waals surface area (Å²) in [5.41, 5.74) is 2.56. The zero-order chi connectivity index (χ0) is 14.5. The van der Waals surface area contributed by atoms with E-state index < -0.39 is 5.97 Å². The van der Waals surface area contributed by atoms with E-state index in [4.69, 9.17) is 9.84 Å². The normalized spacial score (nSPS) is 17.4. The SMILES string of the molecule is C/C=C(/CCN1CCOCC1)c1scc(C(=O)O)c1C. The summed E-state index contributed by atoms with van der Waals surface area (Å²) in [6, 6.07) is 0. The Balaban J connectivity index is 2.03. The van der Waals surface area contributed by atoms with Gasteiger partial charge in [-0.3, -0.25) is 4.90 Å². The number of rotatable bonds is 5. The highest BCUT2D eigenvalue weighted by Gasteiger charge is 2.17. The van der Waals surface area contributed by atoms with Crippen LogP contribution in [0, 0.1) is 6.92 Å². The topological polar surface area (TPSA) is 49.8 Å². The number of allylic oxidation sites excluding steroid dienone is 1. The molecule has 0 bridgehead atoms. The molecule has 0 aromatic carbocycles. The number of aromatic carboxylic acids is 1. The molecular formula is C15H21NO3S. The quantitative estimate of drug-likeness (QED) is 0.907. The predicted molar refractivity (Wildman–Crippen MR) is 81.5 cm³/mol. The Hall–Kier alpha value is -1.17. The second-order valence-electron chi connectivity index (χ2n) is 4.93. The molecule has 0 atom stereocenters. The summed E-state index contributed by atoms with van der Waals surface area (Å²) in [5.74, 6) is -0.839. The first-order valence-corrected chi connectivity index (χ1v) is 7.78. The van der Waals surface area contributed by atoms with Crippen LogP contribution in [0.2, 0.25) is 0 Å². The van der Waals surface area contributed by atoms with Gasteiger partial charge < -0.3 is 9.84 Å². The number of carboxylic acid groups (broad SMARTS) is 1. The van der Waals surface area contributed by atoms with E-state index in [2.05, 4.69) is 11.0 Å². The molecule has 1 aromatic heterocycles. The Bertz CT molecular complexity index is 501. The fraction of sp³-hybridized carbons (Fsp3) is 0.533. The largest absolute Gasteiger partial charge is 0.478 e. The van der Waals surface area contributed by atoms with Gasteiger partial charge in [0.05, 0.1) is 18.8 Å². The first kappa shape index (κ1) is 15.2. The Morgan fingerprint density at radius 3 is 2.75 bits per heavy atom. The van der Waals surface area contributed by atoms with E-state index in [-0.39, 0.29) is 0 Å². The van der Waals surface area contributed by atoms with Gasteiger partial charge in [0.15, 0.2) is 0 Å². The van der Waals surface area contributed by atoms with Gasteiger partial charge in [-0.15, -0.1) is 11.3 Å². The second-order valence-corrected chi connectivity index (χ2v) is 5.81. The predicted octanol–water partition coefficient (Wildman–Crippen LogP) is 2.88. The highest BCUT2D eigenvalue weighted by molar-refractivity contribution is 7.11. The van der Waals surface area contributed by atoms with Crippen molar-refractivity contribution in [3.05, 3.63) is 27.5 Å². The van der Waals surface area contributed by atoms with E-state index in [0.717, 1.165) is 49.7 Å². The molecule has 0 unspecified atom stereocenters. The van der Waals surface area contributed by atoms with E-state index in [0.29, 0.717) is 5.56 Å². The second kappa shape index (κ2) is 7.02. The number of morpholine rings is 1. The standard InChI is InChI=1S/C15H21NO3S/c1-3-12(4-5-16-6-8-19-9-7-16)14-11(2)13(10-20-14)15(17)18/h3,10H,4-9H2,1-2H3,(H,17,18)/b12-3-. The summed E-state index contributed by atoms with van der Waals surface area (Å²) < 4.78 is 5.35. The number of ether oxygens (including phenoxy) is 1. The monoisotopic (exact) mass is 295 g/mol. The first-order valence-electron chi connectivity index (χ1n) is 6.90. The summed E-state index contributed by atoms with van der Waals surface area (Å²) in [6.45, 7) is 8.52. The molecule has 2 rings (SSSR count). The van der Waals surface area contributed by atoms with Gasteiger partial charge in [-0.25, -0.2) is 4.79 Å². The third-order valence-corrected chi connectivity index (χ3v) is 4.87. The first-order chi connectivity index (χ1) is 9.63. The number of nitrogens with zero attached hydrogens (tertiary/aromatic N) is 1. The Kier molecular flexibility index (Phi) is 5.34. The zero-order valence-electron chi connectivity index (χ0n) is 12.0. The number of carbonyl (C=O) groups is 1. The molecule has 1 aliphatic rings. The summed E-state index contributed by atoms with van der Waals surface area (Å²) in [5, 5.41) is 10.9. The van der Waals surface area contributed by atoms with Crippen LogP contribution < -0.4 is 0 Å². The Morgan fingerprint density at radius 1 is 1.50 bits per heavy atom. The van der Waals surface area contributed by atoms with E-state index in [1.54, 1.807) is 5.38 Å². The molecule has 20 heavy (non-hydrogen) atoms. The highest BCUT2D eigenvalue weighted by atomic mass is 32.1. The maximum absolute atomic E-state index is 11.1. The van der Waals surface area contributed by atoms with Crippen LogP contribution in [0.25, 0.3) is 5.57 Å². The highest BCUT2D eigenvalue weighted by Crippen LogP contribution is 2.30. The van der Waals surface area contributed by atoms with Crippen molar-refractivity contribution < 1.29 is 14.6 Å². The van der Waals surface area contributed by atoms with Gasteiger partial charge >= 0.3 is 5.97 Å². The number of hydrogen-bond acceptors (Lipinski definition) is 4. The van der Waals surface area contributed by atoms with Crippen LogP contribution in [0.5, 0.6) is 0 Å². The molecule has 0 radical (unpaired) electrons. The van der Waals surface area contributed by atoms with Gasteiger partial charge in [-0.1, -0.05) is 6.08 Å². The fourth-order valence-electron chi connectivity index (χ4n) is 2.44. The molecule has 1 N–H and O–H groups in total. The maximum Gasteiger partial charge on any atom is 0.336 e. The van der Waals surface area contributed by atoms with Crippen LogP contribution in [0.15, 0.2) is 11.5 Å². The van der Waals surface area contributed by atoms with Crippen molar-refractivity contribution in [2.45, 2.75) is 20.3 Å². The van der Waals surface area contributed by atoms with Crippen LogP contribution in [0.1, 0.15) is 34.1 Å². The minimum absolute atomic E-state index is 0.427. The molecule has 110 valence electrons.